The number of hydrogen-bond acceptors (Lipinski definition) is 6. The summed E-state index contributed by atoms with van der Waals surface area (Å²) < 4.78 is 20.7. The minimum Gasteiger partial charge on any atom is -0.504 e. The Morgan fingerprint density at radius 2 is 2.00 bits per heavy atom. The SMILES string of the molecule is COc1ccc([C@@H]2C(C#N)=C(N)N(c3ccc(Br)cc3F)C3=C2C(=O)CC(C)(C)C3)cc1O. The van der Waals surface area contributed by atoms with Gasteiger partial charge in [-0.1, -0.05) is 35.8 Å². The summed E-state index contributed by atoms with van der Waals surface area (Å²) in [5, 5.41) is 20.4. The molecule has 0 unspecified atom stereocenters. The second kappa shape index (κ2) is 8.23. The van der Waals surface area contributed by atoms with Gasteiger partial charge >= 0.3 is 0 Å². The van der Waals surface area contributed by atoms with Crippen LogP contribution in [0.2, 0.25) is 0 Å². The number of allylic oxidation sites excluding steroid dienone is 3. The molecular formula is C25H23BrFN3O3. The summed E-state index contributed by atoms with van der Waals surface area (Å²) in [5.41, 5.74) is 7.90. The first-order valence-corrected chi connectivity index (χ1v) is 11.2. The van der Waals surface area contributed by atoms with Gasteiger partial charge in [0, 0.05) is 22.2 Å². The first kappa shape index (κ1) is 22.9. The lowest BCUT2D eigenvalue weighted by molar-refractivity contribution is -0.118. The number of rotatable bonds is 3. The van der Waals surface area contributed by atoms with Gasteiger partial charge in [-0.25, -0.2) is 4.39 Å². The molecule has 2 aromatic rings. The van der Waals surface area contributed by atoms with E-state index in [0.29, 0.717) is 27.7 Å². The summed E-state index contributed by atoms with van der Waals surface area (Å²) in [6, 6.07) is 11.5. The quantitative estimate of drug-likeness (QED) is 0.584. The van der Waals surface area contributed by atoms with Crippen LogP contribution in [0.1, 0.15) is 38.2 Å². The van der Waals surface area contributed by atoms with E-state index in [-0.39, 0.29) is 46.2 Å². The van der Waals surface area contributed by atoms with Gasteiger partial charge in [-0.15, -0.1) is 0 Å². The van der Waals surface area contributed by atoms with Crippen LogP contribution in [0.3, 0.4) is 0 Å². The maximum Gasteiger partial charge on any atom is 0.162 e. The van der Waals surface area contributed by atoms with Crippen molar-refractivity contribution in [1.29, 1.82) is 5.26 Å². The topological polar surface area (TPSA) is 99.6 Å². The average molecular weight is 512 g/mol. The van der Waals surface area contributed by atoms with Gasteiger partial charge in [0.25, 0.3) is 0 Å². The van der Waals surface area contributed by atoms with Crippen molar-refractivity contribution in [3.8, 4) is 17.6 Å². The highest BCUT2D eigenvalue weighted by molar-refractivity contribution is 9.10. The number of Topliss-reactive ketones (excluding diaryl/α,β-unsaturated/α-hetero) is 1. The summed E-state index contributed by atoms with van der Waals surface area (Å²) in [4.78, 5) is 15.0. The predicted octanol–water partition coefficient (Wildman–Crippen LogP) is 5.24. The summed E-state index contributed by atoms with van der Waals surface area (Å²) in [6.07, 6.45) is 0.737. The smallest absolute Gasteiger partial charge is 0.162 e. The van der Waals surface area contributed by atoms with Gasteiger partial charge in [0.15, 0.2) is 17.3 Å². The third-order valence-corrected chi connectivity index (χ3v) is 6.56. The first-order chi connectivity index (χ1) is 15.6. The lowest BCUT2D eigenvalue weighted by Crippen LogP contribution is -2.42. The molecule has 0 spiro atoms. The Morgan fingerprint density at radius 1 is 1.27 bits per heavy atom. The van der Waals surface area contributed by atoms with E-state index in [0.717, 1.165) is 0 Å². The van der Waals surface area contributed by atoms with E-state index in [1.807, 2.05) is 13.8 Å². The van der Waals surface area contributed by atoms with Crippen molar-refractivity contribution in [2.24, 2.45) is 11.1 Å². The Hall–Kier alpha value is -3.31. The van der Waals surface area contributed by atoms with Crippen molar-refractivity contribution in [3.63, 3.8) is 0 Å². The number of benzene rings is 2. The number of halogens is 2. The number of carbonyl (C=O) groups excluding carboxylic acids is 1. The average Bonchev–Trinajstić information content (AvgIpc) is 2.73. The van der Waals surface area contributed by atoms with Gasteiger partial charge in [0.1, 0.15) is 11.6 Å². The molecule has 3 N–H and O–H groups in total. The number of aromatic hydroxyl groups is 1. The third kappa shape index (κ3) is 3.87. The van der Waals surface area contributed by atoms with Gasteiger partial charge in [0.2, 0.25) is 0 Å². The molecule has 1 aliphatic heterocycles. The minimum atomic E-state index is -0.778. The molecule has 0 aromatic heterocycles. The third-order valence-electron chi connectivity index (χ3n) is 6.07. The number of ether oxygens (including phenoxy) is 1. The van der Waals surface area contributed by atoms with E-state index in [4.69, 9.17) is 10.5 Å². The number of nitriles is 1. The maximum atomic E-state index is 15.1. The van der Waals surface area contributed by atoms with Crippen LogP contribution in [0, 0.1) is 22.6 Å². The normalized spacial score (nSPS) is 19.9. The fourth-order valence-electron chi connectivity index (χ4n) is 4.67. The molecule has 8 heteroatoms. The largest absolute Gasteiger partial charge is 0.504 e. The summed E-state index contributed by atoms with van der Waals surface area (Å²) >= 11 is 3.26. The number of phenolic OH excluding ortho intramolecular Hbond substituents is 1. The standard InChI is InChI=1S/C25H23BrFN3O3/c1-25(2)10-18-23(20(32)11-25)22(13-4-7-21(33-3)19(31)8-13)15(12-28)24(29)30(18)17-6-5-14(26)9-16(17)27/h4-9,22,31H,10-11,29H2,1-3H3/t22-/m1/s1. The summed E-state index contributed by atoms with van der Waals surface area (Å²) in [6.45, 7) is 3.94. The van der Waals surface area contributed by atoms with Crippen molar-refractivity contribution in [2.45, 2.75) is 32.6 Å². The summed E-state index contributed by atoms with van der Waals surface area (Å²) in [7, 11) is 1.44. The van der Waals surface area contributed by atoms with Crippen molar-refractivity contribution in [3.05, 3.63) is 74.9 Å². The van der Waals surface area contributed by atoms with E-state index >= 15 is 4.39 Å². The second-order valence-corrected chi connectivity index (χ2v) is 9.92. The van der Waals surface area contributed by atoms with Gasteiger partial charge in [-0.05, 0) is 47.7 Å². The number of hydrogen-bond donors (Lipinski definition) is 2. The zero-order valence-electron chi connectivity index (χ0n) is 18.4. The Labute approximate surface area is 199 Å². The van der Waals surface area contributed by atoms with Crippen LogP contribution in [0.25, 0.3) is 0 Å². The van der Waals surface area contributed by atoms with E-state index in [2.05, 4.69) is 22.0 Å². The van der Waals surface area contributed by atoms with E-state index in [9.17, 15) is 15.2 Å². The fraction of sp³-hybridized carbons (Fsp3) is 0.280. The van der Waals surface area contributed by atoms with Gasteiger partial charge in [-0.2, -0.15) is 5.26 Å². The number of phenols is 1. The van der Waals surface area contributed by atoms with Gasteiger partial charge in [0.05, 0.1) is 30.4 Å². The molecule has 0 bridgehead atoms. The number of methoxy groups -OCH3 is 1. The Bertz CT molecular complexity index is 1280. The second-order valence-electron chi connectivity index (χ2n) is 9.01. The molecule has 2 aliphatic rings. The molecule has 0 radical (unpaired) electrons. The van der Waals surface area contributed by atoms with E-state index in [1.54, 1.807) is 24.3 Å². The zero-order chi connectivity index (χ0) is 24.1. The molecule has 0 saturated carbocycles. The van der Waals surface area contributed by atoms with Crippen LogP contribution in [-0.2, 0) is 4.79 Å². The molecular weight excluding hydrogens is 489 g/mol. The van der Waals surface area contributed by atoms with Crippen LogP contribution in [0.5, 0.6) is 11.5 Å². The zero-order valence-corrected chi connectivity index (χ0v) is 20.0. The van der Waals surface area contributed by atoms with Gasteiger partial charge < -0.3 is 15.6 Å². The Balaban J connectivity index is 2.01. The van der Waals surface area contributed by atoms with Crippen molar-refractivity contribution in [1.82, 2.24) is 0 Å². The predicted molar refractivity (Wildman–Crippen MR) is 126 cm³/mol. The molecule has 1 atom stereocenters. The molecule has 0 amide bonds. The van der Waals surface area contributed by atoms with E-state index in [1.165, 1.54) is 24.1 Å². The molecule has 33 heavy (non-hydrogen) atoms. The number of nitrogens with two attached hydrogens (primary N) is 1. The molecule has 0 fully saturated rings. The van der Waals surface area contributed by atoms with Gasteiger partial charge in [-0.3, -0.25) is 9.69 Å². The maximum absolute atomic E-state index is 15.1. The summed E-state index contributed by atoms with van der Waals surface area (Å²) in [5.74, 6) is -1.23. The molecule has 2 aromatic carbocycles. The Kier molecular flexibility index (Phi) is 5.71. The van der Waals surface area contributed by atoms with Crippen LogP contribution in [-0.4, -0.2) is 18.0 Å². The first-order valence-electron chi connectivity index (χ1n) is 10.4. The number of ketones is 1. The highest BCUT2D eigenvalue weighted by Crippen LogP contribution is 2.51. The molecule has 4 rings (SSSR count). The van der Waals surface area contributed by atoms with Crippen molar-refractivity contribution in [2.75, 3.05) is 12.0 Å². The fourth-order valence-corrected chi connectivity index (χ4v) is 5.00. The number of carbonyl (C=O) groups is 1. The van der Waals surface area contributed by atoms with E-state index < -0.39 is 11.7 Å². The molecule has 0 saturated heterocycles. The highest BCUT2D eigenvalue weighted by Gasteiger charge is 2.45. The number of nitrogens with zero attached hydrogens (tertiary/aromatic N) is 2. The monoisotopic (exact) mass is 511 g/mol. The molecule has 1 heterocycles. The number of anilines is 1. The molecule has 1 aliphatic carbocycles. The molecule has 6 nitrogen and oxygen atoms in total. The minimum absolute atomic E-state index is 0.0586. The lowest BCUT2D eigenvalue weighted by atomic mass is 9.68. The van der Waals surface area contributed by atoms with Crippen molar-refractivity contribution < 1.29 is 19.0 Å². The van der Waals surface area contributed by atoms with Crippen LogP contribution < -0.4 is 15.4 Å². The lowest BCUT2D eigenvalue weighted by Gasteiger charge is -2.43. The Morgan fingerprint density at radius 3 is 2.61 bits per heavy atom. The van der Waals surface area contributed by atoms with Crippen LogP contribution in [0.15, 0.2) is 63.5 Å². The molecule has 170 valence electrons. The highest BCUT2D eigenvalue weighted by atomic mass is 79.9. The van der Waals surface area contributed by atoms with Crippen molar-refractivity contribution >= 4 is 27.4 Å². The van der Waals surface area contributed by atoms with Crippen LogP contribution >= 0.6 is 15.9 Å². The van der Waals surface area contributed by atoms with Crippen LogP contribution in [0.4, 0.5) is 10.1 Å².